The van der Waals surface area contributed by atoms with Gasteiger partial charge >= 0.3 is 0 Å². The first kappa shape index (κ1) is 24.2. The Balaban J connectivity index is 1.51. The number of rotatable bonds is 8. The number of carbonyl (C=O) groups excluding carboxylic acids is 3. The van der Waals surface area contributed by atoms with Gasteiger partial charge in [0.2, 0.25) is 5.91 Å². The lowest BCUT2D eigenvalue weighted by atomic mass is 10.0. The number of carbonyl (C=O) groups is 3. The van der Waals surface area contributed by atoms with E-state index in [2.05, 4.69) is 10.6 Å². The van der Waals surface area contributed by atoms with Gasteiger partial charge in [-0.3, -0.25) is 14.4 Å². The first-order valence-corrected chi connectivity index (χ1v) is 11.5. The van der Waals surface area contributed by atoms with Gasteiger partial charge in [0, 0.05) is 38.0 Å². The van der Waals surface area contributed by atoms with Crippen molar-refractivity contribution >= 4 is 52.1 Å². The number of benzene rings is 4. The average Bonchev–Trinajstić information content (AvgIpc) is 2.89. The Kier molecular flexibility index (Phi) is 7.60. The summed E-state index contributed by atoms with van der Waals surface area (Å²) in [5.74, 6) is -0.878. The minimum Gasteiger partial charge on any atom is -0.376 e. The lowest BCUT2D eigenvalue weighted by Crippen LogP contribution is -2.24. The van der Waals surface area contributed by atoms with E-state index in [-0.39, 0.29) is 23.7 Å². The Hall–Kier alpha value is -3.93. The fourth-order valence-corrected chi connectivity index (χ4v) is 3.88. The molecule has 0 aliphatic carbocycles. The number of nitrogens with one attached hydrogen (secondary N) is 2. The molecule has 0 aliphatic rings. The van der Waals surface area contributed by atoms with Crippen LogP contribution >= 0.6 is 23.2 Å². The van der Waals surface area contributed by atoms with Crippen LogP contribution in [0, 0.1) is 0 Å². The maximum Gasteiger partial charge on any atom is 0.243 e. The number of hydrogen-bond donors (Lipinski definition) is 2. The molecular formula is C28H20Cl2N2O3. The van der Waals surface area contributed by atoms with E-state index < -0.39 is 5.91 Å². The van der Waals surface area contributed by atoms with E-state index in [1.165, 1.54) is 6.07 Å². The van der Waals surface area contributed by atoms with Crippen molar-refractivity contribution in [1.29, 1.82) is 0 Å². The molecule has 0 atom stereocenters. The van der Waals surface area contributed by atoms with Crippen LogP contribution in [0.15, 0.2) is 97.1 Å². The predicted molar refractivity (Wildman–Crippen MR) is 140 cm³/mol. The molecule has 1 amide bonds. The summed E-state index contributed by atoms with van der Waals surface area (Å²) in [6, 6.07) is 27.1. The highest BCUT2D eigenvalue weighted by Crippen LogP contribution is 2.25. The molecule has 2 N–H and O–H groups in total. The minimum absolute atomic E-state index is 0.141. The molecule has 0 unspecified atom stereocenters. The third kappa shape index (κ3) is 5.96. The second kappa shape index (κ2) is 11.0. The van der Waals surface area contributed by atoms with Crippen molar-refractivity contribution in [2.45, 2.75) is 0 Å². The molecule has 0 spiro atoms. The van der Waals surface area contributed by atoms with Crippen molar-refractivity contribution < 1.29 is 14.4 Å². The quantitative estimate of drug-likeness (QED) is 0.269. The van der Waals surface area contributed by atoms with Crippen LogP contribution in [-0.2, 0) is 4.79 Å². The summed E-state index contributed by atoms with van der Waals surface area (Å²) in [5, 5.41) is 6.55. The summed E-state index contributed by atoms with van der Waals surface area (Å²) in [6.07, 6.45) is 0. The van der Waals surface area contributed by atoms with E-state index in [1.807, 2.05) is 12.1 Å². The number of amides is 1. The summed E-state index contributed by atoms with van der Waals surface area (Å²) in [4.78, 5) is 38.8. The van der Waals surface area contributed by atoms with Crippen molar-refractivity contribution in [3.05, 3.63) is 129 Å². The SMILES string of the molecule is O=C(CNc1ccc(Cl)cc1C(=O)c1ccccc1)Nc1ccc(Cl)cc1C(=O)c1ccccc1. The van der Waals surface area contributed by atoms with Gasteiger partial charge in [-0.2, -0.15) is 0 Å². The highest BCUT2D eigenvalue weighted by atomic mass is 35.5. The van der Waals surface area contributed by atoms with E-state index >= 15 is 0 Å². The van der Waals surface area contributed by atoms with Crippen molar-refractivity contribution in [2.24, 2.45) is 0 Å². The topological polar surface area (TPSA) is 75.3 Å². The van der Waals surface area contributed by atoms with E-state index in [1.54, 1.807) is 78.9 Å². The standard InChI is InChI=1S/C28H20Cl2N2O3/c29-20-11-13-24(22(15-20)27(34)18-7-3-1-4-8-18)31-17-26(33)32-25-14-12-21(30)16-23(25)28(35)19-9-5-2-6-10-19/h1-16,31H,17H2,(H,32,33). The molecule has 4 aromatic carbocycles. The molecule has 0 aromatic heterocycles. The zero-order valence-corrected chi connectivity index (χ0v) is 19.9. The Morgan fingerprint density at radius 2 is 1.06 bits per heavy atom. The molecule has 7 heteroatoms. The third-order valence-corrected chi connectivity index (χ3v) is 5.71. The molecule has 0 fully saturated rings. The molecular weight excluding hydrogens is 483 g/mol. The molecule has 0 saturated carbocycles. The summed E-state index contributed by atoms with van der Waals surface area (Å²) in [5.41, 5.74) is 2.43. The summed E-state index contributed by atoms with van der Waals surface area (Å²) in [7, 11) is 0. The summed E-state index contributed by atoms with van der Waals surface area (Å²) in [6.45, 7) is -0.141. The fourth-order valence-electron chi connectivity index (χ4n) is 3.53. The van der Waals surface area contributed by atoms with Gasteiger partial charge in [0.1, 0.15) is 0 Å². The molecule has 4 rings (SSSR count). The Labute approximate surface area is 212 Å². The number of halogens is 2. The molecule has 4 aromatic rings. The van der Waals surface area contributed by atoms with Crippen LogP contribution in [0.25, 0.3) is 0 Å². The normalized spacial score (nSPS) is 10.5. The average molecular weight is 503 g/mol. The predicted octanol–water partition coefficient (Wildman–Crippen LogP) is 6.51. The van der Waals surface area contributed by atoms with E-state index in [4.69, 9.17) is 23.2 Å². The monoisotopic (exact) mass is 502 g/mol. The van der Waals surface area contributed by atoms with Gasteiger partial charge in [0.05, 0.1) is 12.2 Å². The van der Waals surface area contributed by atoms with Crippen molar-refractivity contribution in [3.8, 4) is 0 Å². The fraction of sp³-hybridized carbons (Fsp3) is 0.0357. The van der Waals surface area contributed by atoms with Crippen LogP contribution in [-0.4, -0.2) is 24.0 Å². The molecule has 35 heavy (non-hydrogen) atoms. The van der Waals surface area contributed by atoms with Gasteiger partial charge in [-0.25, -0.2) is 0 Å². The Bertz CT molecular complexity index is 1390. The summed E-state index contributed by atoms with van der Waals surface area (Å²) < 4.78 is 0. The van der Waals surface area contributed by atoms with E-state index in [9.17, 15) is 14.4 Å². The molecule has 0 radical (unpaired) electrons. The van der Waals surface area contributed by atoms with Gasteiger partial charge in [-0.05, 0) is 36.4 Å². The number of hydrogen-bond acceptors (Lipinski definition) is 4. The molecule has 0 saturated heterocycles. The maximum absolute atomic E-state index is 13.0. The van der Waals surface area contributed by atoms with Crippen LogP contribution in [0.4, 0.5) is 11.4 Å². The highest BCUT2D eigenvalue weighted by molar-refractivity contribution is 6.32. The third-order valence-electron chi connectivity index (χ3n) is 5.24. The Morgan fingerprint density at radius 3 is 1.57 bits per heavy atom. The van der Waals surface area contributed by atoms with Crippen LogP contribution < -0.4 is 10.6 Å². The molecule has 0 bridgehead atoms. The summed E-state index contributed by atoms with van der Waals surface area (Å²) >= 11 is 12.2. The van der Waals surface area contributed by atoms with Crippen molar-refractivity contribution in [1.82, 2.24) is 0 Å². The van der Waals surface area contributed by atoms with Crippen LogP contribution in [0.5, 0.6) is 0 Å². The highest BCUT2D eigenvalue weighted by Gasteiger charge is 2.18. The van der Waals surface area contributed by atoms with Gasteiger partial charge < -0.3 is 10.6 Å². The van der Waals surface area contributed by atoms with Crippen molar-refractivity contribution in [3.63, 3.8) is 0 Å². The van der Waals surface area contributed by atoms with Crippen LogP contribution in [0.1, 0.15) is 31.8 Å². The molecule has 5 nitrogen and oxygen atoms in total. The van der Waals surface area contributed by atoms with Gasteiger partial charge in [0.15, 0.2) is 11.6 Å². The van der Waals surface area contributed by atoms with Gasteiger partial charge in [-0.1, -0.05) is 83.9 Å². The van der Waals surface area contributed by atoms with E-state index in [0.717, 1.165) is 0 Å². The number of anilines is 2. The van der Waals surface area contributed by atoms with Gasteiger partial charge in [0.25, 0.3) is 0 Å². The van der Waals surface area contributed by atoms with Crippen LogP contribution in [0.3, 0.4) is 0 Å². The molecule has 174 valence electrons. The molecule has 0 aliphatic heterocycles. The second-order valence-corrected chi connectivity index (χ2v) is 8.54. The zero-order valence-electron chi connectivity index (χ0n) is 18.4. The lowest BCUT2D eigenvalue weighted by Gasteiger charge is -2.14. The maximum atomic E-state index is 13.0. The van der Waals surface area contributed by atoms with E-state index in [0.29, 0.717) is 38.1 Å². The first-order chi connectivity index (χ1) is 16.9. The Morgan fingerprint density at radius 1 is 0.600 bits per heavy atom. The smallest absolute Gasteiger partial charge is 0.243 e. The zero-order chi connectivity index (χ0) is 24.8. The second-order valence-electron chi connectivity index (χ2n) is 7.67. The molecule has 0 heterocycles. The first-order valence-electron chi connectivity index (χ1n) is 10.7. The largest absolute Gasteiger partial charge is 0.376 e. The van der Waals surface area contributed by atoms with Crippen molar-refractivity contribution in [2.75, 3.05) is 17.2 Å². The minimum atomic E-state index is -0.400. The number of ketones is 2. The lowest BCUT2D eigenvalue weighted by molar-refractivity contribution is -0.114. The van der Waals surface area contributed by atoms with Gasteiger partial charge in [-0.15, -0.1) is 0 Å². The van der Waals surface area contributed by atoms with Crippen LogP contribution in [0.2, 0.25) is 10.0 Å².